The SMILES string of the molecule is NCCC(C(=O)Nc1ccc2[nH]ncc2c1)c1cccc(N)c1. The maximum atomic E-state index is 12.7. The summed E-state index contributed by atoms with van der Waals surface area (Å²) in [6.45, 7) is 0.424. The second-order valence-corrected chi connectivity index (χ2v) is 5.46. The molecule has 0 bridgehead atoms. The zero-order valence-corrected chi connectivity index (χ0v) is 12.6. The lowest BCUT2D eigenvalue weighted by Crippen LogP contribution is -2.23. The minimum atomic E-state index is -0.330. The average Bonchev–Trinajstić information content (AvgIpc) is 3.00. The average molecular weight is 309 g/mol. The molecule has 1 heterocycles. The number of nitrogens with one attached hydrogen (secondary N) is 2. The van der Waals surface area contributed by atoms with Crippen LogP contribution < -0.4 is 16.8 Å². The van der Waals surface area contributed by atoms with Crippen LogP contribution >= 0.6 is 0 Å². The molecule has 1 atom stereocenters. The number of benzene rings is 2. The fraction of sp³-hybridized carbons (Fsp3) is 0.176. The number of H-pyrrole nitrogens is 1. The van der Waals surface area contributed by atoms with Gasteiger partial charge in [0.15, 0.2) is 0 Å². The zero-order valence-electron chi connectivity index (χ0n) is 12.6. The fourth-order valence-electron chi connectivity index (χ4n) is 2.64. The summed E-state index contributed by atoms with van der Waals surface area (Å²) >= 11 is 0. The fourth-order valence-corrected chi connectivity index (χ4v) is 2.64. The number of nitrogen functional groups attached to an aromatic ring is 1. The topological polar surface area (TPSA) is 110 Å². The quantitative estimate of drug-likeness (QED) is 0.542. The van der Waals surface area contributed by atoms with Crippen LogP contribution in [-0.4, -0.2) is 22.6 Å². The number of anilines is 2. The highest BCUT2D eigenvalue weighted by Crippen LogP contribution is 2.24. The van der Waals surface area contributed by atoms with Crippen LogP contribution in [0.4, 0.5) is 11.4 Å². The highest BCUT2D eigenvalue weighted by Gasteiger charge is 2.20. The summed E-state index contributed by atoms with van der Waals surface area (Å²) in [6.07, 6.45) is 2.28. The monoisotopic (exact) mass is 309 g/mol. The molecular weight excluding hydrogens is 290 g/mol. The van der Waals surface area contributed by atoms with Crippen LogP contribution in [0, 0.1) is 0 Å². The Bertz CT molecular complexity index is 826. The minimum absolute atomic E-state index is 0.0936. The van der Waals surface area contributed by atoms with Crippen molar-refractivity contribution in [1.82, 2.24) is 10.2 Å². The number of nitrogens with zero attached hydrogens (tertiary/aromatic N) is 1. The lowest BCUT2D eigenvalue weighted by atomic mass is 9.94. The predicted octanol–water partition coefficient (Wildman–Crippen LogP) is 2.22. The zero-order chi connectivity index (χ0) is 16.2. The smallest absolute Gasteiger partial charge is 0.231 e. The summed E-state index contributed by atoms with van der Waals surface area (Å²) in [7, 11) is 0. The van der Waals surface area contributed by atoms with E-state index < -0.39 is 0 Å². The van der Waals surface area contributed by atoms with E-state index in [-0.39, 0.29) is 11.8 Å². The molecule has 1 amide bonds. The van der Waals surface area contributed by atoms with Gasteiger partial charge in [-0.3, -0.25) is 9.89 Å². The van der Waals surface area contributed by atoms with Crippen molar-refractivity contribution in [1.29, 1.82) is 0 Å². The maximum absolute atomic E-state index is 12.7. The standard InChI is InChI=1S/C17H19N5O/c18-7-6-15(11-2-1-3-13(19)8-11)17(23)21-14-4-5-16-12(9-14)10-20-22-16/h1-5,8-10,15H,6-7,18-19H2,(H,20,22)(H,21,23). The molecule has 0 fully saturated rings. The van der Waals surface area contributed by atoms with Crippen LogP contribution in [0.25, 0.3) is 10.9 Å². The van der Waals surface area contributed by atoms with Gasteiger partial charge in [0.05, 0.1) is 17.6 Å². The summed E-state index contributed by atoms with van der Waals surface area (Å²) in [6, 6.07) is 13.0. The Morgan fingerprint density at radius 1 is 1.26 bits per heavy atom. The van der Waals surface area contributed by atoms with Gasteiger partial charge < -0.3 is 16.8 Å². The maximum Gasteiger partial charge on any atom is 0.231 e. The van der Waals surface area contributed by atoms with Crippen molar-refractivity contribution < 1.29 is 4.79 Å². The van der Waals surface area contributed by atoms with Gasteiger partial charge in [0.1, 0.15) is 0 Å². The van der Waals surface area contributed by atoms with Crippen molar-refractivity contribution in [3.63, 3.8) is 0 Å². The molecule has 0 aliphatic heterocycles. The lowest BCUT2D eigenvalue weighted by Gasteiger charge is -2.17. The van der Waals surface area contributed by atoms with Crippen LogP contribution in [0.1, 0.15) is 17.9 Å². The summed E-state index contributed by atoms with van der Waals surface area (Å²) < 4.78 is 0. The molecule has 0 spiro atoms. The van der Waals surface area contributed by atoms with E-state index in [0.29, 0.717) is 18.7 Å². The molecule has 3 rings (SSSR count). The summed E-state index contributed by atoms with van der Waals surface area (Å²) in [5.41, 5.74) is 14.7. The normalized spacial score (nSPS) is 12.2. The Morgan fingerprint density at radius 3 is 2.91 bits per heavy atom. The minimum Gasteiger partial charge on any atom is -0.399 e. The van der Waals surface area contributed by atoms with Gasteiger partial charge in [-0.15, -0.1) is 0 Å². The van der Waals surface area contributed by atoms with Gasteiger partial charge in [-0.05, 0) is 48.9 Å². The van der Waals surface area contributed by atoms with Gasteiger partial charge in [0.25, 0.3) is 0 Å². The molecule has 118 valence electrons. The molecule has 1 aromatic heterocycles. The predicted molar refractivity (Wildman–Crippen MR) is 92.0 cm³/mol. The number of nitrogens with two attached hydrogens (primary N) is 2. The molecule has 0 saturated carbocycles. The third-order valence-electron chi connectivity index (χ3n) is 3.79. The summed E-state index contributed by atoms with van der Waals surface area (Å²) in [5, 5.41) is 10.8. The van der Waals surface area contributed by atoms with Crippen molar-refractivity contribution in [2.75, 3.05) is 17.6 Å². The number of carbonyl (C=O) groups excluding carboxylic acids is 1. The highest BCUT2D eigenvalue weighted by atomic mass is 16.1. The molecule has 0 radical (unpaired) electrons. The lowest BCUT2D eigenvalue weighted by molar-refractivity contribution is -0.117. The van der Waals surface area contributed by atoms with Crippen molar-refractivity contribution in [2.24, 2.45) is 5.73 Å². The first-order valence-corrected chi connectivity index (χ1v) is 7.47. The molecule has 6 nitrogen and oxygen atoms in total. The Morgan fingerprint density at radius 2 is 2.13 bits per heavy atom. The van der Waals surface area contributed by atoms with Crippen LogP contribution in [0.15, 0.2) is 48.7 Å². The van der Waals surface area contributed by atoms with E-state index in [1.165, 1.54) is 0 Å². The number of aromatic nitrogens is 2. The van der Waals surface area contributed by atoms with Crippen LogP contribution in [0.2, 0.25) is 0 Å². The molecule has 3 aromatic rings. The van der Waals surface area contributed by atoms with Crippen molar-refractivity contribution in [3.8, 4) is 0 Å². The Kier molecular flexibility index (Phi) is 4.25. The van der Waals surface area contributed by atoms with Gasteiger partial charge in [-0.25, -0.2) is 0 Å². The Balaban J connectivity index is 1.83. The van der Waals surface area contributed by atoms with Crippen molar-refractivity contribution >= 4 is 28.2 Å². The van der Waals surface area contributed by atoms with Gasteiger partial charge in [0.2, 0.25) is 5.91 Å². The third kappa shape index (κ3) is 3.32. The summed E-state index contributed by atoms with van der Waals surface area (Å²) in [5.74, 6) is -0.424. The van der Waals surface area contributed by atoms with Gasteiger partial charge >= 0.3 is 0 Å². The number of fused-ring (bicyclic) bond motifs is 1. The molecule has 1 unspecified atom stereocenters. The van der Waals surface area contributed by atoms with E-state index in [1.54, 1.807) is 12.3 Å². The number of hydrogen-bond acceptors (Lipinski definition) is 4. The molecule has 0 aliphatic carbocycles. The van der Waals surface area contributed by atoms with Crippen molar-refractivity contribution in [2.45, 2.75) is 12.3 Å². The van der Waals surface area contributed by atoms with Crippen LogP contribution in [0.3, 0.4) is 0 Å². The molecule has 2 aromatic carbocycles. The van der Waals surface area contributed by atoms with Gasteiger partial charge in [-0.2, -0.15) is 5.10 Å². The molecule has 0 saturated heterocycles. The van der Waals surface area contributed by atoms with E-state index in [2.05, 4.69) is 15.5 Å². The summed E-state index contributed by atoms with van der Waals surface area (Å²) in [4.78, 5) is 12.7. The van der Waals surface area contributed by atoms with E-state index in [4.69, 9.17) is 11.5 Å². The molecular formula is C17H19N5O. The Labute approximate surface area is 133 Å². The number of hydrogen-bond donors (Lipinski definition) is 4. The van der Waals surface area contributed by atoms with Crippen LogP contribution in [-0.2, 0) is 4.79 Å². The first-order chi connectivity index (χ1) is 11.2. The first-order valence-electron chi connectivity index (χ1n) is 7.47. The van der Waals surface area contributed by atoms with Gasteiger partial charge in [0, 0.05) is 16.8 Å². The second-order valence-electron chi connectivity index (χ2n) is 5.46. The van der Waals surface area contributed by atoms with E-state index in [0.717, 1.165) is 22.2 Å². The molecule has 6 heteroatoms. The Hall–Kier alpha value is -2.86. The highest BCUT2D eigenvalue weighted by molar-refractivity contribution is 5.97. The molecule has 0 aliphatic rings. The third-order valence-corrected chi connectivity index (χ3v) is 3.79. The first kappa shape index (κ1) is 15.1. The van der Waals surface area contributed by atoms with Crippen molar-refractivity contribution in [3.05, 3.63) is 54.2 Å². The van der Waals surface area contributed by atoms with Crippen LogP contribution in [0.5, 0.6) is 0 Å². The largest absolute Gasteiger partial charge is 0.399 e. The number of rotatable bonds is 5. The van der Waals surface area contributed by atoms with E-state index in [9.17, 15) is 4.79 Å². The molecule has 23 heavy (non-hydrogen) atoms. The number of aromatic amines is 1. The second kappa shape index (κ2) is 6.50. The van der Waals surface area contributed by atoms with Gasteiger partial charge in [-0.1, -0.05) is 12.1 Å². The number of carbonyl (C=O) groups is 1. The number of amides is 1. The van der Waals surface area contributed by atoms with E-state index in [1.807, 2.05) is 36.4 Å². The van der Waals surface area contributed by atoms with E-state index >= 15 is 0 Å². The molecule has 6 N–H and O–H groups in total.